The Balaban J connectivity index is 0.00000364. The molecule has 5 nitrogen and oxygen atoms in total. The average molecular weight is 480 g/mol. The number of aryl methyl sites for hydroxylation is 2. The van der Waals surface area contributed by atoms with Gasteiger partial charge in [-0.3, -0.25) is 9.79 Å². The number of carbonyl (C=O) groups excluding carboxylic acids is 1. The molecule has 27 heavy (non-hydrogen) atoms. The van der Waals surface area contributed by atoms with Gasteiger partial charge in [0.15, 0.2) is 5.96 Å². The summed E-state index contributed by atoms with van der Waals surface area (Å²) in [6.07, 6.45) is 0.815. The molecule has 0 atom stereocenters. The molecule has 0 spiro atoms. The van der Waals surface area contributed by atoms with Crippen molar-refractivity contribution in [2.75, 3.05) is 20.6 Å². The second-order valence-corrected chi connectivity index (χ2v) is 6.31. The average Bonchev–Trinajstić information content (AvgIpc) is 2.65. The number of rotatable bonds is 6. The van der Waals surface area contributed by atoms with Crippen molar-refractivity contribution in [1.82, 2.24) is 16.0 Å². The standard InChI is InChI=1S/C21H28N4O.HI/c1-15-8-9-19(16(2)12-15)14-25-21(23-4)24-11-10-17-6-5-7-18(13-17)20(26)22-3;/h5-9,12-13H,10-11,14H2,1-4H3,(H,22,26)(H2,23,24,25);1H. The first-order valence-corrected chi connectivity index (χ1v) is 8.85. The van der Waals surface area contributed by atoms with Gasteiger partial charge < -0.3 is 16.0 Å². The van der Waals surface area contributed by atoms with Gasteiger partial charge in [0.1, 0.15) is 0 Å². The number of hydrogen-bond acceptors (Lipinski definition) is 2. The Bertz CT molecular complexity index is 790. The Hall–Kier alpha value is -2.09. The number of aliphatic imine (C=N–C) groups is 1. The lowest BCUT2D eigenvalue weighted by molar-refractivity contribution is 0.0963. The van der Waals surface area contributed by atoms with E-state index in [1.165, 1.54) is 16.7 Å². The molecule has 0 bridgehead atoms. The zero-order valence-electron chi connectivity index (χ0n) is 16.4. The monoisotopic (exact) mass is 480 g/mol. The Morgan fingerprint density at radius 2 is 1.85 bits per heavy atom. The van der Waals surface area contributed by atoms with Crippen molar-refractivity contribution in [3.8, 4) is 0 Å². The lowest BCUT2D eigenvalue weighted by Gasteiger charge is -2.13. The van der Waals surface area contributed by atoms with Gasteiger partial charge in [0.2, 0.25) is 0 Å². The molecule has 2 rings (SSSR count). The molecule has 0 saturated heterocycles. The molecule has 0 aliphatic carbocycles. The largest absolute Gasteiger partial charge is 0.356 e. The number of benzene rings is 2. The molecule has 1 amide bonds. The molecule has 0 aromatic heterocycles. The predicted octanol–water partition coefficient (Wildman–Crippen LogP) is 3.19. The number of carbonyl (C=O) groups is 1. The fraction of sp³-hybridized carbons (Fsp3) is 0.333. The molecule has 0 unspecified atom stereocenters. The minimum atomic E-state index is -0.0641. The lowest BCUT2D eigenvalue weighted by atomic mass is 10.1. The number of hydrogen-bond donors (Lipinski definition) is 3. The summed E-state index contributed by atoms with van der Waals surface area (Å²) in [6.45, 7) is 5.70. The van der Waals surface area contributed by atoms with Crippen LogP contribution in [0.15, 0.2) is 47.5 Å². The van der Waals surface area contributed by atoms with Crippen LogP contribution in [0.5, 0.6) is 0 Å². The third kappa shape index (κ3) is 7.21. The van der Waals surface area contributed by atoms with Crippen molar-refractivity contribution in [2.45, 2.75) is 26.8 Å². The number of halogens is 1. The molecule has 0 aliphatic rings. The van der Waals surface area contributed by atoms with Gasteiger partial charge in [0.05, 0.1) is 0 Å². The summed E-state index contributed by atoms with van der Waals surface area (Å²) in [4.78, 5) is 16.0. The van der Waals surface area contributed by atoms with Crippen molar-refractivity contribution in [3.05, 3.63) is 70.3 Å². The van der Waals surface area contributed by atoms with E-state index >= 15 is 0 Å². The first kappa shape index (κ1) is 23.0. The van der Waals surface area contributed by atoms with E-state index in [2.05, 4.69) is 53.0 Å². The van der Waals surface area contributed by atoms with E-state index in [9.17, 15) is 4.79 Å². The normalized spacial score (nSPS) is 10.7. The highest BCUT2D eigenvalue weighted by molar-refractivity contribution is 14.0. The van der Waals surface area contributed by atoms with E-state index in [-0.39, 0.29) is 29.9 Å². The van der Waals surface area contributed by atoms with E-state index in [1.807, 2.05) is 24.3 Å². The summed E-state index contributed by atoms with van der Waals surface area (Å²) < 4.78 is 0. The molecule has 2 aromatic carbocycles. The molecule has 0 heterocycles. The summed E-state index contributed by atoms with van der Waals surface area (Å²) in [7, 11) is 3.41. The quantitative estimate of drug-likeness (QED) is 0.338. The molecule has 3 N–H and O–H groups in total. The Labute approximate surface area is 179 Å². The van der Waals surface area contributed by atoms with Gasteiger partial charge in [-0.05, 0) is 49.1 Å². The maximum absolute atomic E-state index is 11.7. The molecule has 2 aromatic rings. The van der Waals surface area contributed by atoms with Crippen LogP contribution in [-0.4, -0.2) is 32.5 Å². The Kier molecular flexibility index (Phi) is 9.85. The molecule has 0 fully saturated rings. The fourth-order valence-electron chi connectivity index (χ4n) is 2.78. The van der Waals surface area contributed by atoms with Crippen molar-refractivity contribution in [3.63, 3.8) is 0 Å². The van der Waals surface area contributed by atoms with Crippen LogP contribution in [0.4, 0.5) is 0 Å². The predicted molar refractivity (Wildman–Crippen MR) is 123 cm³/mol. The highest BCUT2D eigenvalue weighted by Crippen LogP contribution is 2.10. The van der Waals surface area contributed by atoms with Crippen LogP contribution in [0.1, 0.15) is 32.6 Å². The molecular weight excluding hydrogens is 451 g/mol. The SMILES string of the molecule is CN=C(NCCc1cccc(C(=O)NC)c1)NCc1ccc(C)cc1C.I. The fourth-order valence-corrected chi connectivity index (χ4v) is 2.78. The van der Waals surface area contributed by atoms with Gasteiger partial charge >= 0.3 is 0 Å². The second-order valence-electron chi connectivity index (χ2n) is 6.31. The number of nitrogens with zero attached hydrogens (tertiary/aromatic N) is 1. The van der Waals surface area contributed by atoms with Crippen LogP contribution < -0.4 is 16.0 Å². The summed E-state index contributed by atoms with van der Waals surface area (Å²) in [6, 6.07) is 14.1. The Morgan fingerprint density at radius 3 is 2.52 bits per heavy atom. The van der Waals surface area contributed by atoms with E-state index in [0.717, 1.165) is 31.0 Å². The van der Waals surface area contributed by atoms with Crippen molar-refractivity contribution in [1.29, 1.82) is 0 Å². The van der Waals surface area contributed by atoms with Gasteiger partial charge in [0, 0.05) is 32.7 Å². The summed E-state index contributed by atoms with van der Waals surface area (Å²) >= 11 is 0. The van der Waals surface area contributed by atoms with Crippen molar-refractivity contribution in [2.24, 2.45) is 4.99 Å². The van der Waals surface area contributed by atoms with Crippen LogP contribution in [0.25, 0.3) is 0 Å². The zero-order chi connectivity index (χ0) is 18.9. The minimum Gasteiger partial charge on any atom is -0.356 e. The van der Waals surface area contributed by atoms with Gasteiger partial charge in [-0.15, -0.1) is 24.0 Å². The smallest absolute Gasteiger partial charge is 0.251 e. The van der Waals surface area contributed by atoms with E-state index in [0.29, 0.717) is 5.56 Å². The maximum Gasteiger partial charge on any atom is 0.251 e. The first-order valence-electron chi connectivity index (χ1n) is 8.85. The van der Waals surface area contributed by atoms with E-state index in [4.69, 9.17) is 0 Å². The summed E-state index contributed by atoms with van der Waals surface area (Å²) in [5.41, 5.74) is 5.61. The van der Waals surface area contributed by atoms with Crippen LogP contribution >= 0.6 is 24.0 Å². The number of guanidine groups is 1. The van der Waals surface area contributed by atoms with Crippen LogP contribution in [0.3, 0.4) is 0 Å². The zero-order valence-corrected chi connectivity index (χ0v) is 18.8. The number of amides is 1. The van der Waals surface area contributed by atoms with Crippen LogP contribution in [0, 0.1) is 13.8 Å². The van der Waals surface area contributed by atoms with Crippen LogP contribution in [-0.2, 0) is 13.0 Å². The molecule has 6 heteroatoms. The topological polar surface area (TPSA) is 65.5 Å². The van der Waals surface area contributed by atoms with Gasteiger partial charge in [0.25, 0.3) is 5.91 Å². The minimum absolute atomic E-state index is 0. The summed E-state index contributed by atoms with van der Waals surface area (Å²) in [5.74, 6) is 0.707. The van der Waals surface area contributed by atoms with Crippen molar-refractivity contribution >= 4 is 35.8 Å². The molecule has 0 radical (unpaired) electrons. The lowest BCUT2D eigenvalue weighted by Crippen LogP contribution is -2.38. The summed E-state index contributed by atoms with van der Waals surface area (Å²) in [5, 5.41) is 9.31. The molecule has 0 saturated carbocycles. The van der Waals surface area contributed by atoms with Crippen LogP contribution in [0.2, 0.25) is 0 Å². The molecular formula is C21H29IN4O. The van der Waals surface area contributed by atoms with E-state index in [1.54, 1.807) is 14.1 Å². The van der Waals surface area contributed by atoms with Gasteiger partial charge in [-0.2, -0.15) is 0 Å². The van der Waals surface area contributed by atoms with Gasteiger partial charge in [-0.1, -0.05) is 35.9 Å². The molecule has 0 aliphatic heterocycles. The highest BCUT2D eigenvalue weighted by atomic mass is 127. The third-order valence-electron chi connectivity index (χ3n) is 4.29. The molecule has 146 valence electrons. The second kappa shape index (κ2) is 11.6. The van der Waals surface area contributed by atoms with Gasteiger partial charge in [-0.25, -0.2) is 0 Å². The Morgan fingerprint density at radius 1 is 1.07 bits per heavy atom. The van der Waals surface area contributed by atoms with E-state index < -0.39 is 0 Å². The number of nitrogens with one attached hydrogen (secondary N) is 3. The highest BCUT2D eigenvalue weighted by Gasteiger charge is 2.05. The first-order chi connectivity index (χ1) is 12.5. The maximum atomic E-state index is 11.7. The third-order valence-corrected chi connectivity index (χ3v) is 4.29. The van der Waals surface area contributed by atoms with Crippen molar-refractivity contribution < 1.29 is 4.79 Å².